The summed E-state index contributed by atoms with van der Waals surface area (Å²) in [7, 11) is 0. The second-order valence-corrected chi connectivity index (χ2v) is 6.75. The number of hydrogen-bond acceptors (Lipinski definition) is 5. The van der Waals surface area contributed by atoms with E-state index in [1.54, 1.807) is 24.3 Å². The van der Waals surface area contributed by atoms with Crippen LogP contribution in [0.5, 0.6) is 5.75 Å². The van der Waals surface area contributed by atoms with Crippen LogP contribution in [0.4, 0.5) is 14.5 Å². The summed E-state index contributed by atoms with van der Waals surface area (Å²) in [6.07, 6.45) is 0. The molecule has 0 atom stereocenters. The average Bonchev–Trinajstić information content (AvgIpc) is 3.24. The summed E-state index contributed by atoms with van der Waals surface area (Å²) in [5, 5.41) is 6.46. The third-order valence-corrected chi connectivity index (χ3v) is 4.44. The van der Waals surface area contributed by atoms with Crippen LogP contribution >= 0.6 is 0 Å². The van der Waals surface area contributed by atoms with Gasteiger partial charge in [-0.05, 0) is 31.2 Å². The fraction of sp³-hybridized carbons (Fsp3) is 0.0870. The molecule has 4 aromatic rings. The minimum atomic E-state index is -1.05. The molecular formula is C23H17F2N3O3. The van der Waals surface area contributed by atoms with E-state index in [1.165, 1.54) is 6.07 Å². The molecule has 0 radical (unpaired) electrons. The molecule has 1 heterocycles. The minimum absolute atomic E-state index is 0.0473. The first-order valence-electron chi connectivity index (χ1n) is 9.37. The summed E-state index contributed by atoms with van der Waals surface area (Å²) in [4.78, 5) is 16.9. The maximum atomic E-state index is 13.4. The fourth-order valence-electron chi connectivity index (χ4n) is 2.83. The van der Waals surface area contributed by atoms with E-state index in [2.05, 4.69) is 15.5 Å². The van der Waals surface area contributed by atoms with Crippen molar-refractivity contribution in [1.82, 2.24) is 10.1 Å². The summed E-state index contributed by atoms with van der Waals surface area (Å²) in [5.41, 5.74) is 2.27. The van der Waals surface area contributed by atoms with Crippen LogP contribution in [0.25, 0.3) is 11.4 Å². The third-order valence-electron chi connectivity index (χ3n) is 4.44. The fourth-order valence-corrected chi connectivity index (χ4v) is 2.83. The first kappa shape index (κ1) is 20.2. The Kier molecular flexibility index (Phi) is 5.70. The van der Waals surface area contributed by atoms with Crippen LogP contribution in [0, 0.1) is 18.6 Å². The molecule has 0 bridgehead atoms. The maximum Gasteiger partial charge on any atom is 0.264 e. The van der Waals surface area contributed by atoms with Crippen LogP contribution in [0.2, 0.25) is 0 Å². The van der Waals surface area contributed by atoms with Gasteiger partial charge in [0.1, 0.15) is 5.75 Å². The molecule has 0 aliphatic carbocycles. The molecule has 1 amide bonds. The van der Waals surface area contributed by atoms with Crippen LogP contribution in [-0.2, 0) is 6.61 Å². The molecule has 31 heavy (non-hydrogen) atoms. The zero-order valence-corrected chi connectivity index (χ0v) is 16.4. The highest BCUT2D eigenvalue weighted by atomic mass is 19.2. The van der Waals surface area contributed by atoms with Gasteiger partial charge in [-0.1, -0.05) is 47.1 Å². The Balaban J connectivity index is 1.46. The standard InChI is InChI=1S/C23H17F2N3O3/c1-14-6-8-15(9-7-14)22-27-21(31-28-22)13-30-20-5-3-2-4-17(20)23(29)26-16-10-11-18(24)19(25)12-16/h2-12H,13H2,1H3,(H,26,29). The molecular weight excluding hydrogens is 404 g/mol. The lowest BCUT2D eigenvalue weighted by molar-refractivity contribution is 0.102. The molecule has 0 aliphatic rings. The van der Waals surface area contributed by atoms with Gasteiger partial charge in [0.25, 0.3) is 11.8 Å². The van der Waals surface area contributed by atoms with Gasteiger partial charge < -0.3 is 14.6 Å². The molecule has 8 heteroatoms. The number of rotatable bonds is 6. The number of carbonyl (C=O) groups is 1. The second-order valence-electron chi connectivity index (χ2n) is 6.75. The van der Waals surface area contributed by atoms with Crippen molar-refractivity contribution in [2.24, 2.45) is 0 Å². The number of carbonyl (C=O) groups excluding carboxylic acids is 1. The number of anilines is 1. The smallest absolute Gasteiger partial charge is 0.264 e. The van der Waals surface area contributed by atoms with E-state index >= 15 is 0 Å². The molecule has 0 saturated heterocycles. The Labute approximate surface area is 176 Å². The Bertz CT molecular complexity index is 1220. The predicted octanol–water partition coefficient (Wildman–Crippen LogP) is 5.15. The first-order chi connectivity index (χ1) is 15.0. The van der Waals surface area contributed by atoms with Crippen LogP contribution in [-0.4, -0.2) is 16.0 Å². The Morgan fingerprint density at radius 1 is 1.03 bits per heavy atom. The number of benzene rings is 3. The lowest BCUT2D eigenvalue weighted by Crippen LogP contribution is -2.14. The highest BCUT2D eigenvalue weighted by molar-refractivity contribution is 6.06. The number of ether oxygens (including phenoxy) is 1. The first-order valence-corrected chi connectivity index (χ1v) is 9.37. The van der Waals surface area contributed by atoms with Crippen molar-refractivity contribution < 1.29 is 22.8 Å². The number of hydrogen-bond donors (Lipinski definition) is 1. The zero-order chi connectivity index (χ0) is 21.8. The quantitative estimate of drug-likeness (QED) is 0.466. The van der Waals surface area contributed by atoms with Gasteiger partial charge in [-0.25, -0.2) is 8.78 Å². The van der Waals surface area contributed by atoms with E-state index in [9.17, 15) is 13.6 Å². The number of nitrogens with one attached hydrogen (secondary N) is 1. The van der Waals surface area contributed by atoms with Crippen LogP contribution < -0.4 is 10.1 Å². The van der Waals surface area contributed by atoms with Gasteiger partial charge in [-0.2, -0.15) is 4.98 Å². The van der Waals surface area contributed by atoms with Gasteiger partial charge >= 0.3 is 0 Å². The molecule has 1 aromatic heterocycles. The Hall–Kier alpha value is -4.07. The molecule has 6 nitrogen and oxygen atoms in total. The molecule has 0 spiro atoms. The summed E-state index contributed by atoms with van der Waals surface area (Å²) >= 11 is 0. The van der Waals surface area contributed by atoms with E-state index in [0.717, 1.165) is 23.3 Å². The van der Waals surface area contributed by atoms with Crippen molar-refractivity contribution in [3.05, 3.63) is 95.4 Å². The third kappa shape index (κ3) is 4.75. The summed E-state index contributed by atoms with van der Waals surface area (Å²) in [6.45, 7) is 1.94. The minimum Gasteiger partial charge on any atom is -0.483 e. The van der Waals surface area contributed by atoms with Crippen molar-refractivity contribution >= 4 is 11.6 Å². The second kappa shape index (κ2) is 8.74. The Morgan fingerprint density at radius 2 is 1.81 bits per heavy atom. The van der Waals surface area contributed by atoms with E-state index in [0.29, 0.717) is 5.82 Å². The molecule has 0 fully saturated rings. The van der Waals surface area contributed by atoms with Gasteiger partial charge in [0.05, 0.1) is 5.56 Å². The molecule has 156 valence electrons. The van der Waals surface area contributed by atoms with Crippen molar-refractivity contribution in [2.75, 3.05) is 5.32 Å². The van der Waals surface area contributed by atoms with Crippen molar-refractivity contribution in [2.45, 2.75) is 13.5 Å². The van der Waals surface area contributed by atoms with Crippen molar-refractivity contribution in [1.29, 1.82) is 0 Å². The topological polar surface area (TPSA) is 77.2 Å². The van der Waals surface area contributed by atoms with Gasteiger partial charge in [0.2, 0.25) is 5.82 Å². The summed E-state index contributed by atoms with van der Waals surface area (Å²) in [6, 6.07) is 17.3. The van der Waals surface area contributed by atoms with Gasteiger partial charge in [0, 0.05) is 17.3 Å². The summed E-state index contributed by atoms with van der Waals surface area (Å²) < 4.78 is 37.4. The highest BCUT2D eigenvalue weighted by Gasteiger charge is 2.15. The maximum absolute atomic E-state index is 13.4. The normalized spacial score (nSPS) is 10.7. The molecule has 3 aromatic carbocycles. The lowest BCUT2D eigenvalue weighted by atomic mass is 10.1. The number of para-hydroxylation sites is 1. The number of nitrogens with zero attached hydrogens (tertiary/aromatic N) is 2. The summed E-state index contributed by atoms with van der Waals surface area (Å²) in [5.74, 6) is -1.63. The average molecular weight is 421 g/mol. The molecule has 1 N–H and O–H groups in total. The van der Waals surface area contributed by atoms with E-state index < -0.39 is 17.5 Å². The van der Waals surface area contributed by atoms with Crippen LogP contribution in [0.3, 0.4) is 0 Å². The van der Waals surface area contributed by atoms with Gasteiger partial charge in [-0.3, -0.25) is 4.79 Å². The molecule has 0 aliphatic heterocycles. The molecule has 0 unspecified atom stereocenters. The van der Waals surface area contributed by atoms with Crippen molar-refractivity contribution in [3.8, 4) is 17.1 Å². The van der Waals surface area contributed by atoms with E-state index in [4.69, 9.17) is 9.26 Å². The van der Waals surface area contributed by atoms with E-state index in [-0.39, 0.29) is 29.5 Å². The van der Waals surface area contributed by atoms with E-state index in [1.807, 2.05) is 31.2 Å². The zero-order valence-electron chi connectivity index (χ0n) is 16.4. The number of halogens is 2. The van der Waals surface area contributed by atoms with Crippen LogP contribution in [0.1, 0.15) is 21.8 Å². The van der Waals surface area contributed by atoms with Gasteiger partial charge in [0.15, 0.2) is 18.2 Å². The monoisotopic (exact) mass is 421 g/mol. The largest absolute Gasteiger partial charge is 0.483 e. The number of aromatic nitrogens is 2. The highest BCUT2D eigenvalue weighted by Crippen LogP contribution is 2.22. The van der Waals surface area contributed by atoms with Crippen LogP contribution in [0.15, 0.2) is 71.3 Å². The SMILES string of the molecule is Cc1ccc(-c2noc(COc3ccccc3C(=O)Nc3ccc(F)c(F)c3)n2)cc1. The van der Waals surface area contributed by atoms with Gasteiger partial charge in [-0.15, -0.1) is 0 Å². The predicted molar refractivity (Wildman–Crippen MR) is 110 cm³/mol. The molecule has 4 rings (SSSR count). The number of amides is 1. The van der Waals surface area contributed by atoms with Crippen molar-refractivity contribution in [3.63, 3.8) is 0 Å². The number of aryl methyl sites for hydroxylation is 1. The Morgan fingerprint density at radius 3 is 2.58 bits per heavy atom. The lowest BCUT2D eigenvalue weighted by Gasteiger charge is -2.10. The molecule has 0 saturated carbocycles.